The molecule has 0 aliphatic carbocycles. The normalized spacial score (nSPS) is 20.4. The molecule has 0 saturated carbocycles. The minimum atomic E-state index is -0.00642. The number of nitrogens with zero attached hydrogens (tertiary/aromatic N) is 3. The van der Waals surface area contributed by atoms with Crippen LogP contribution in [0.4, 0.5) is 0 Å². The molecule has 0 bridgehead atoms. The molecule has 1 aliphatic heterocycles. The van der Waals surface area contributed by atoms with Crippen LogP contribution in [-0.4, -0.2) is 40.3 Å². The van der Waals surface area contributed by atoms with Crippen molar-refractivity contribution in [3.05, 3.63) is 24.3 Å². The van der Waals surface area contributed by atoms with Crippen LogP contribution < -0.4 is 5.32 Å². The van der Waals surface area contributed by atoms with Crippen molar-refractivity contribution in [1.29, 1.82) is 0 Å². The number of morpholine rings is 1. The second-order valence-electron chi connectivity index (χ2n) is 6.30. The summed E-state index contributed by atoms with van der Waals surface area (Å²) in [5.41, 5.74) is 2.10. The second kappa shape index (κ2) is 5.14. The molecule has 0 radical (unpaired) electrons. The average molecular weight is 274 g/mol. The lowest BCUT2D eigenvalue weighted by molar-refractivity contribution is 0.0271. The van der Waals surface area contributed by atoms with Gasteiger partial charge >= 0.3 is 0 Å². The maximum atomic E-state index is 5.81. The summed E-state index contributed by atoms with van der Waals surface area (Å²) in [6.45, 7) is 9.23. The first-order chi connectivity index (χ1) is 9.55. The van der Waals surface area contributed by atoms with Crippen molar-refractivity contribution >= 4 is 11.0 Å². The monoisotopic (exact) mass is 274 g/mol. The predicted octanol–water partition coefficient (Wildman–Crippen LogP) is 1.72. The summed E-state index contributed by atoms with van der Waals surface area (Å²) in [5, 5.41) is 3.37. The molecule has 5 nitrogen and oxygen atoms in total. The van der Waals surface area contributed by atoms with Crippen LogP contribution >= 0.6 is 0 Å². The Morgan fingerprint density at radius 1 is 1.45 bits per heavy atom. The van der Waals surface area contributed by atoms with E-state index in [1.54, 1.807) is 0 Å². The van der Waals surface area contributed by atoms with E-state index in [0.29, 0.717) is 0 Å². The Labute approximate surface area is 119 Å². The largest absolute Gasteiger partial charge is 0.375 e. The molecule has 2 aromatic heterocycles. The topological polar surface area (TPSA) is 52.0 Å². The van der Waals surface area contributed by atoms with Gasteiger partial charge in [-0.2, -0.15) is 0 Å². The van der Waals surface area contributed by atoms with Crippen molar-refractivity contribution in [3.8, 4) is 0 Å². The van der Waals surface area contributed by atoms with Gasteiger partial charge in [0.25, 0.3) is 0 Å². The van der Waals surface area contributed by atoms with Gasteiger partial charge in [0.15, 0.2) is 0 Å². The molecular weight excluding hydrogens is 252 g/mol. The molecule has 0 aromatic carbocycles. The standard InChI is InChI=1S/C15H22N4O/c1-15(2,3)19-13-4-5-16-10-12(13)18-14(19)8-11-9-17-6-7-20-11/h4-5,10-11,17H,6-9H2,1-3H3. The number of imidazole rings is 1. The number of hydrogen-bond acceptors (Lipinski definition) is 4. The van der Waals surface area contributed by atoms with E-state index in [2.05, 4.69) is 35.6 Å². The van der Waals surface area contributed by atoms with E-state index in [0.717, 1.165) is 43.0 Å². The molecule has 5 heteroatoms. The Hall–Kier alpha value is -1.46. The molecule has 1 N–H and O–H groups in total. The second-order valence-corrected chi connectivity index (χ2v) is 6.30. The van der Waals surface area contributed by atoms with E-state index in [4.69, 9.17) is 9.72 Å². The van der Waals surface area contributed by atoms with Gasteiger partial charge in [0.05, 0.1) is 24.4 Å². The minimum Gasteiger partial charge on any atom is -0.375 e. The number of pyridine rings is 1. The third-order valence-corrected chi connectivity index (χ3v) is 3.61. The van der Waals surface area contributed by atoms with Crippen LogP contribution in [0.5, 0.6) is 0 Å². The van der Waals surface area contributed by atoms with Crippen molar-refractivity contribution in [2.24, 2.45) is 0 Å². The molecule has 3 heterocycles. The third-order valence-electron chi connectivity index (χ3n) is 3.61. The summed E-state index contributed by atoms with van der Waals surface area (Å²) in [5.74, 6) is 1.08. The van der Waals surface area contributed by atoms with E-state index in [1.165, 1.54) is 0 Å². The molecule has 0 amide bonds. The lowest BCUT2D eigenvalue weighted by Gasteiger charge is -2.28. The molecule has 0 spiro atoms. The van der Waals surface area contributed by atoms with Gasteiger partial charge in [-0.3, -0.25) is 4.98 Å². The molecule has 1 saturated heterocycles. The number of nitrogens with one attached hydrogen (secondary N) is 1. The molecule has 1 aliphatic rings. The first kappa shape index (κ1) is 13.5. The Balaban J connectivity index is 2.00. The van der Waals surface area contributed by atoms with Crippen molar-refractivity contribution in [2.75, 3.05) is 19.7 Å². The molecule has 108 valence electrons. The molecular formula is C15H22N4O. The summed E-state index contributed by atoms with van der Waals surface area (Å²) >= 11 is 0. The lowest BCUT2D eigenvalue weighted by atomic mass is 10.1. The van der Waals surface area contributed by atoms with E-state index in [1.807, 2.05) is 18.5 Å². The highest BCUT2D eigenvalue weighted by Gasteiger charge is 2.24. The highest BCUT2D eigenvalue weighted by atomic mass is 16.5. The average Bonchev–Trinajstić information content (AvgIpc) is 2.77. The Morgan fingerprint density at radius 3 is 3.00 bits per heavy atom. The zero-order valence-electron chi connectivity index (χ0n) is 12.4. The number of fused-ring (bicyclic) bond motifs is 1. The van der Waals surface area contributed by atoms with E-state index >= 15 is 0 Å². The van der Waals surface area contributed by atoms with Gasteiger partial charge in [0, 0.05) is 31.2 Å². The maximum absolute atomic E-state index is 5.81. The Kier molecular flexibility index (Phi) is 3.48. The summed E-state index contributed by atoms with van der Waals surface area (Å²) in [7, 11) is 0. The number of aromatic nitrogens is 3. The van der Waals surface area contributed by atoms with E-state index < -0.39 is 0 Å². The van der Waals surface area contributed by atoms with E-state index in [-0.39, 0.29) is 11.6 Å². The quantitative estimate of drug-likeness (QED) is 0.906. The first-order valence-corrected chi connectivity index (χ1v) is 7.20. The van der Waals surface area contributed by atoms with Crippen LogP contribution in [0.2, 0.25) is 0 Å². The van der Waals surface area contributed by atoms with Gasteiger partial charge < -0.3 is 14.6 Å². The maximum Gasteiger partial charge on any atom is 0.113 e. The Bertz CT molecular complexity index is 593. The lowest BCUT2D eigenvalue weighted by Crippen LogP contribution is -2.40. The number of hydrogen-bond donors (Lipinski definition) is 1. The fourth-order valence-electron chi connectivity index (χ4n) is 2.82. The molecule has 20 heavy (non-hydrogen) atoms. The minimum absolute atomic E-state index is 0.00642. The van der Waals surface area contributed by atoms with Crippen LogP contribution in [0.25, 0.3) is 11.0 Å². The molecule has 3 rings (SSSR count). The van der Waals surface area contributed by atoms with Crippen molar-refractivity contribution in [2.45, 2.75) is 38.8 Å². The smallest absolute Gasteiger partial charge is 0.113 e. The van der Waals surface area contributed by atoms with E-state index in [9.17, 15) is 0 Å². The number of ether oxygens (including phenoxy) is 1. The van der Waals surface area contributed by atoms with Gasteiger partial charge in [-0.25, -0.2) is 4.98 Å². The fourth-order valence-corrected chi connectivity index (χ4v) is 2.82. The highest BCUT2D eigenvalue weighted by Crippen LogP contribution is 2.25. The summed E-state index contributed by atoms with van der Waals surface area (Å²) in [4.78, 5) is 8.94. The molecule has 1 unspecified atom stereocenters. The van der Waals surface area contributed by atoms with Crippen LogP contribution in [-0.2, 0) is 16.7 Å². The first-order valence-electron chi connectivity index (χ1n) is 7.20. The van der Waals surface area contributed by atoms with Gasteiger partial charge in [-0.1, -0.05) is 0 Å². The zero-order valence-corrected chi connectivity index (χ0v) is 12.4. The van der Waals surface area contributed by atoms with Gasteiger partial charge in [-0.15, -0.1) is 0 Å². The van der Waals surface area contributed by atoms with Gasteiger partial charge in [0.1, 0.15) is 11.3 Å². The SMILES string of the molecule is CC(C)(C)n1c(CC2CNCCO2)nc2cnccc21. The predicted molar refractivity (Wildman–Crippen MR) is 78.8 cm³/mol. The van der Waals surface area contributed by atoms with Gasteiger partial charge in [0.2, 0.25) is 0 Å². The highest BCUT2D eigenvalue weighted by molar-refractivity contribution is 5.75. The molecule has 1 atom stereocenters. The van der Waals surface area contributed by atoms with Gasteiger partial charge in [-0.05, 0) is 26.8 Å². The summed E-state index contributed by atoms with van der Waals surface area (Å²) < 4.78 is 8.12. The van der Waals surface area contributed by atoms with Crippen molar-refractivity contribution in [1.82, 2.24) is 19.9 Å². The zero-order chi connectivity index (χ0) is 14.2. The van der Waals surface area contributed by atoms with Crippen LogP contribution in [0.3, 0.4) is 0 Å². The fraction of sp³-hybridized carbons (Fsp3) is 0.600. The van der Waals surface area contributed by atoms with Crippen molar-refractivity contribution in [3.63, 3.8) is 0 Å². The van der Waals surface area contributed by atoms with Crippen LogP contribution in [0.1, 0.15) is 26.6 Å². The summed E-state index contributed by atoms with van der Waals surface area (Å²) in [6.07, 6.45) is 4.70. The van der Waals surface area contributed by atoms with Crippen molar-refractivity contribution < 1.29 is 4.74 Å². The summed E-state index contributed by atoms with van der Waals surface area (Å²) in [6, 6.07) is 2.04. The number of rotatable bonds is 2. The third kappa shape index (κ3) is 2.55. The Morgan fingerprint density at radius 2 is 2.30 bits per heavy atom. The van der Waals surface area contributed by atoms with Crippen LogP contribution in [0, 0.1) is 0 Å². The molecule has 1 fully saturated rings. The van der Waals surface area contributed by atoms with Crippen LogP contribution in [0.15, 0.2) is 18.5 Å². The molecule has 2 aromatic rings.